The summed E-state index contributed by atoms with van der Waals surface area (Å²) in [6, 6.07) is 2.32. The van der Waals surface area contributed by atoms with Crippen molar-refractivity contribution in [3.05, 3.63) is 58.7 Å². The largest absolute Gasteiger partial charge is 0.547 e. The first kappa shape index (κ1) is 31.6. The summed E-state index contributed by atoms with van der Waals surface area (Å²) in [6.45, 7) is 2.29. The molecule has 0 aliphatic carbocycles. The van der Waals surface area contributed by atoms with E-state index in [1.54, 1.807) is 6.92 Å². The molecule has 1 saturated heterocycles. The number of carbonyl (C=O) groups excluding carboxylic acids is 4. The second-order valence-electron chi connectivity index (χ2n) is 9.83. The van der Waals surface area contributed by atoms with Gasteiger partial charge in [0.25, 0.3) is 0 Å². The topological polar surface area (TPSA) is 203 Å². The Morgan fingerprint density at radius 3 is 2.47 bits per heavy atom. The number of nitrogens with zero attached hydrogens (tertiary/aromatic N) is 2. The van der Waals surface area contributed by atoms with Gasteiger partial charge in [0.05, 0.1) is 16.8 Å². The number of carboxylic acid groups (broad SMARTS) is 1. The highest BCUT2D eigenvalue weighted by atomic mass is 31.2. The number of imide groups is 1. The lowest BCUT2D eigenvalue weighted by Crippen LogP contribution is -2.60. The fourth-order valence-corrected chi connectivity index (χ4v) is 5.55. The molecule has 228 valence electrons. The highest BCUT2D eigenvalue weighted by Crippen LogP contribution is 2.37. The maximum atomic E-state index is 15.3. The van der Waals surface area contributed by atoms with Gasteiger partial charge in [0, 0.05) is 31.9 Å². The van der Waals surface area contributed by atoms with Crippen LogP contribution in [0.4, 0.5) is 13.6 Å². The zero-order valence-electron chi connectivity index (χ0n) is 22.7. The Labute approximate surface area is 243 Å². The van der Waals surface area contributed by atoms with Crippen molar-refractivity contribution in [2.75, 3.05) is 26.3 Å². The SMILES string of the molecule is CCN1CCN(C(=O)N[C@@H](C(=O)N[C@H]2Cc3cccc(C(=O)O)c3OB2O)c2ccc(P(C)(=O)O)c(F)c2F)C(=O)C1=O. The van der Waals surface area contributed by atoms with Crippen LogP contribution in [0, 0.1) is 11.6 Å². The minimum Gasteiger partial charge on any atom is -0.534 e. The van der Waals surface area contributed by atoms with Crippen LogP contribution in [0.15, 0.2) is 30.3 Å². The van der Waals surface area contributed by atoms with Crippen LogP contribution in [-0.4, -0.2) is 93.9 Å². The number of rotatable bonds is 7. The molecule has 0 saturated carbocycles. The van der Waals surface area contributed by atoms with Gasteiger partial charge in [0.1, 0.15) is 11.8 Å². The molecule has 2 aromatic rings. The van der Waals surface area contributed by atoms with Gasteiger partial charge < -0.3 is 35.2 Å². The Bertz CT molecular complexity index is 1570. The van der Waals surface area contributed by atoms with Crippen molar-refractivity contribution in [3.63, 3.8) is 0 Å². The quantitative estimate of drug-likeness (QED) is 0.156. The molecule has 4 rings (SSSR count). The van der Waals surface area contributed by atoms with Crippen LogP contribution in [0.3, 0.4) is 0 Å². The zero-order chi connectivity index (χ0) is 31.8. The molecule has 1 fully saturated rings. The molecule has 2 heterocycles. The molecule has 5 N–H and O–H groups in total. The summed E-state index contributed by atoms with van der Waals surface area (Å²) in [5.74, 6) is -9.68. The molecular formula is C25H26BF2N4O10P. The summed E-state index contributed by atoms with van der Waals surface area (Å²) < 4.78 is 47.5. The maximum Gasteiger partial charge on any atom is 0.547 e. The zero-order valence-corrected chi connectivity index (χ0v) is 23.6. The van der Waals surface area contributed by atoms with E-state index in [0.29, 0.717) is 4.90 Å². The lowest BCUT2D eigenvalue weighted by atomic mass is 9.72. The van der Waals surface area contributed by atoms with Crippen molar-refractivity contribution in [1.29, 1.82) is 0 Å². The minimum atomic E-state index is -4.30. The predicted molar refractivity (Wildman–Crippen MR) is 145 cm³/mol. The van der Waals surface area contributed by atoms with Crippen molar-refractivity contribution in [1.82, 2.24) is 20.4 Å². The van der Waals surface area contributed by atoms with E-state index in [4.69, 9.17) is 4.65 Å². The Hall–Kier alpha value is -4.34. The highest BCUT2D eigenvalue weighted by Gasteiger charge is 2.42. The van der Waals surface area contributed by atoms with Gasteiger partial charge in [-0.2, -0.15) is 0 Å². The molecule has 2 aliphatic rings. The van der Waals surface area contributed by atoms with E-state index in [1.807, 2.05) is 0 Å². The van der Waals surface area contributed by atoms with Gasteiger partial charge in [-0.05, 0) is 31.0 Å². The second-order valence-corrected chi connectivity index (χ2v) is 12.1. The van der Waals surface area contributed by atoms with Gasteiger partial charge in [-0.3, -0.25) is 23.8 Å². The number of amides is 5. The molecule has 18 heteroatoms. The fourth-order valence-electron chi connectivity index (χ4n) is 4.74. The van der Waals surface area contributed by atoms with Gasteiger partial charge in [0.2, 0.25) is 13.3 Å². The summed E-state index contributed by atoms with van der Waals surface area (Å²) in [6.07, 6.45) is -0.171. The average Bonchev–Trinajstić information content (AvgIpc) is 2.94. The predicted octanol–water partition coefficient (Wildman–Crippen LogP) is -0.230. The van der Waals surface area contributed by atoms with E-state index in [2.05, 4.69) is 10.6 Å². The van der Waals surface area contributed by atoms with Crippen molar-refractivity contribution in [2.24, 2.45) is 0 Å². The van der Waals surface area contributed by atoms with Crippen LogP contribution in [0.2, 0.25) is 0 Å². The lowest BCUT2D eigenvalue weighted by Gasteiger charge is -2.33. The molecule has 0 bridgehead atoms. The molecule has 5 amide bonds. The van der Waals surface area contributed by atoms with Gasteiger partial charge in [-0.15, -0.1) is 0 Å². The number of carboxylic acids is 1. The third-order valence-corrected chi connectivity index (χ3v) is 8.23. The summed E-state index contributed by atoms with van der Waals surface area (Å²) >= 11 is 0. The second kappa shape index (κ2) is 12.1. The van der Waals surface area contributed by atoms with Crippen LogP contribution in [0.25, 0.3) is 0 Å². The summed E-state index contributed by atoms with van der Waals surface area (Å²) in [4.78, 5) is 74.4. The third kappa shape index (κ3) is 6.23. The highest BCUT2D eigenvalue weighted by molar-refractivity contribution is 7.65. The number of benzene rings is 2. The van der Waals surface area contributed by atoms with Crippen LogP contribution < -0.4 is 20.6 Å². The molecule has 0 radical (unpaired) electrons. The molecular weight excluding hydrogens is 596 g/mol. The average molecular weight is 622 g/mol. The first-order chi connectivity index (χ1) is 20.1. The van der Waals surface area contributed by atoms with Gasteiger partial charge in [0.15, 0.2) is 11.6 Å². The molecule has 0 aromatic heterocycles. The first-order valence-electron chi connectivity index (χ1n) is 12.9. The normalized spacial score (nSPS) is 18.7. The number of carbonyl (C=O) groups is 5. The Balaban J connectivity index is 1.66. The summed E-state index contributed by atoms with van der Waals surface area (Å²) in [5, 5.41) is 23.5. The van der Waals surface area contributed by atoms with Crippen LogP contribution >= 0.6 is 7.37 Å². The molecule has 1 unspecified atom stereocenters. The standard InChI is InChI=1S/C25H26BF2N4O10P/c1-3-31-9-10-32(23(35)22(31)34)25(38)30-19(13-7-8-15(43(2,40)41)18(28)17(13)27)21(33)29-16-11-12-5-4-6-14(24(36)37)20(12)42-26(16)39/h4-8,16,19,39H,3,9-11H2,1-2H3,(H,29,33)(H,30,38)(H,36,37)(H,40,41)/t16-,19+/m0/s1. The van der Waals surface area contributed by atoms with Crippen molar-refractivity contribution < 1.29 is 57.0 Å². The van der Waals surface area contributed by atoms with Crippen molar-refractivity contribution >= 4 is 49.5 Å². The van der Waals surface area contributed by atoms with Crippen LogP contribution in [0.5, 0.6) is 5.75 Å². The summed E-state index contributed by atoms with van der Waals surface area (Å²) in [5.41, 5.74) is -0.757. The van der Waals surface area contributed by atoms with E-state index in [1.165, 1.54) is 23.1 Å². The first-order valence-corrected chi connectivity index (χ1v) is 15.0. The fraction of sp³-hybridized carbons (Fsp3) is 0.320. The van der Waals surface area contributed by atoms with E-state index in [-0.39, 0.29) is 42.9 Å². The molecule has 2 aromatic carbocycles. The Morgan fingerprint density at radius 2 is 1.84 bits per heavy atom. The third-order valence-electron chi connectivity index (χ3n) is 6.99. The monoisotopic (exact) mass is 622 g/mol. The molecule has 2 aliphatic heterocycles. The lowest BCUT2D eigenvalue weighted by molar-refractivity contribution is -0.153. The number of urea groups is 1. The number of para-hydroxylation sites is 1. The van der Waals surface area contributed by atoms with Crippen LogP contribution in [0.1, 0.15) is 34.5 Å². The van der Waals surface area contributed by atoms with Gasteiger partial charge >= 0.3 is 30.9 Å². The number of piperazine rings is 1. The molecule has 14 nitrogen and oxygen atoms in total. The maximum absolute atomic E-state index is 15.3. The molecule has 3 atom stereocenters. The molecule has 43 heavy (non-hydrogen) atoms. The number of hydrogen-bond donors (Lipinski definition) is 5. The van der Waals surface area contributed by atoms with Crippen molar-refractivity contribution in [3.8, 4) is 5.75 Å². The van der Waals surface area contributed by atoms with E-state index in [9.17, 15) is 48.0 Å². The number of fused-ring (bicyclic) bond motifs is 1. The number of likely N-dealkylation sites (N-methyl/N-ethyl adjacent to an activating group) is 1. The molecule has 0 spiro atoms. The summed E-state index contributed by atoms with van der Waals surface area (Å²) in [7, 11) is -6.11. The van der Waals surface area contributed by atoms with Gasteiger partial charge in [-0.1, -0.05) is 18.2 Å². The van der Waals surface area contributed by atoms with Crippen LogP contribution in [-0.2, 0) is 25.4 Å². The number of nitrogens with one attached hydrogen (secondary N) is 2. The smallest absolute Gasteiger partial charge is 0.534 e. The van der Waals surface area contributed by atoms with E-state index in [0.717, 1.165) is 18.8 Å². The van der Waals surface area contributed by atoms with Gasteiger partial charge in [-0.25, -0.2) is 18.4 Å². The Kier molecular flexibility index (Phi) is 8.90. The number of hydrogen-bond acceptors (Lipinski definition) is 8. The Morgan fingerprint density at radius 1 is 1.14 bits per heavy atom. The van der Waals surface area contributed by atoms with E-state index < -0.39 is 78.7 Å². The number of halogens is 2. The minimum absolute atomic E-state index is 0.0192. The van der Waals surface area contributed by atoms with Crippen molar-refractivity contribution in [2.45, 2.75) is 25.3 Å². The number of aromatic carboxylic acids is 1. The van der Waals surface area contributed by atoms with E-state index >= 15 is 4.39 Å².